The molecule has 27 heavy (non-hydrogen) atoms. The summed E-state index contributed by atoms with van der Waals surface area (Å²) < 4.78 is 18.8. The van der Waals surface area contributed by atoms with E-state index in [-0.39, 0.29) is 23.7 Å². The van der Waals surface area contributed by atoms with E-state index in [1.165, 1.54) is 18.4 Å². The number of nitrogens with zero attached hydrogens (tertiary/aromatic N) is 1. The molecule has 1 saturated carbocycles. The number of nitrogens with one attached hydrogen (secondary N) is 2. The smallest absolute Gasteiger partial charge is 0.289 e. The molecule has 2 N–H and O–H groups in total. The number of carbonyl (C=O) groups is 2. The van der Waals surface area contributed by atoms with Gasteiger partial charge in [-0.25, -0.2) is 4.39 Å². The number of amides is 2. The lowest BCUT2D eigenvalue weighted by atomic mass is 9.85. The third-order valence-corrected chi connectivity index (χ3v) is 5.19. The second kappa shape index (κ2) is 7.06. The molecule has 2 aromatic rings. The predicted octanol–water partition coefficient (Wildman–Crippen LogP) is 2.78. The molecule has 2 amide bonds. The van der Waals surface area contributed by atoms with Crippen LogP contribution in [0.3, 0.4) is 0 Å². The van der Waals surface area contributed by atoms with Gasteiger partial charge in [-0.2, -0.15) is 0 Å². The normalized spacial score (nSPS) is 18.8. The molecule has 0 bridgehead atoms. The standard InChI is InChI=1S/C20H22FN3O3/c21-14-3-1-4-16(13-14)23-20(19(26)22-15-6-7-15)8-10-24(11-9-20)18(25)17-5-2-12-27-17/h1-5,12-13,15,23H,6-11H2,(H,22,26). The number of piperidine rings is 1. The molecule has 7 heteroatoms. The summed E-state index contributed by atoms with van der Waals surface area (Å²) in [7, 11) is 0. The van der Waals surface area contributed by atoms with E-state index in [4.69, 9.17) is 4.42 Å². The van der Waals surface area contributed by atoms with E-state index in [1.807, 2.05) is 0 Å². The highest BCUT2D eigenvalue weighted by Crippen LogP contribution is 2.30. The van der Waals surface area contributed by atoms with Gasteiger partial charge in [0.05, 0.1) is 6.26 Å². The van der Waals surface area contributed by atoms with E-state index >= 15 is 0 Å². The fourth-order valence-electron chi connectivity index (χ4n) is 3.45. The van der Waals surface area contributed by atoms with Crippen molar-refractivity contribution >= 4 is 17.5 Å². The Morgan fingerprint density at radius 3 is 2.56 bits per heavy atom. The summed E-state index contributed by atoms with van der Waals surface area (Å²) in [5.74, 6) is -0.326. The van der Waals surface area contributed by atoms with E-state index in [0.717, 1.165) is 12.8 Å². The summed E-state index contributed by atoms with van der Waals surface area (Å²) in [4.78, 5) is 27.2. The number of hydrogen-bond acceptors (Lipinski definition) is 4. The van der Waals surface area contributed by atoms with Crippen molar-refractivity contribution in [3.63, 3.8) is 0 Å². The average molecular weight is 371 g/mol. The van der Waals surface area contributed by atoms with Gasteiger partial charge in [-0.3, -0.25) is 9.59 Å². The Bertz CT molecular complexity index is 825. The van der Waals surface area contributed by atoms with Gasteiger partial charge in [-0.1, -0.05) is 6.07 Å². The maximum atomic E-state index is 13.6. The Balaban J connectivity index is 1.51. The molecule has 0 unspecified atom stereocenters. The number of benzene rings is 1. The Hall–Kier alpha value is -2.83. The van der Waals surface area contributed by atoms with Gasteiger partial charge in [0.2, 0.25) is 5.91 Å². The highest BCUT2D eigenvalue weighted by Gasteiger charge is 2.44. The summed E-state index contributed by atoms with van der Waals surface area (Å²) in [6.45, 7) is 0.833. The minimum atomic E-state index is -0.865. The zero-order chi connectivity index (χ0) is 18.9. The number of furan rings is 1. The summed E-state index contributed by atoms with van der Waals surface area (Å²) >= 11 is 0. The van der Waals surface area contributed by atoms with Crippen LogP contribution in [0.5, 0.6) is 0 Å². The van der Waals surface area contributed by atoms with Crippen LogP contribution < -0.4 is 10.6 Å². The largest absolute Gasteiger partial charge is 0.459 e. The van der Waals surface area contributed by atoms with E-state index in [2.05, 4.69) is 10.6 Å². The quantitative estimate of drug-likeness (QED) is 0.848. The molecule has 1 aliphatic heterocycles. The second-order valence-corrected chi connectivity index (χ2v) is 7.23. The lowest BCUT2D eigenvalue weighted by Crippen LogP contribution is -2.59. The third kappa shape index (κ3) is 3.82. The van der Waals surface area contributed by atoms with Crippen molar-refractivity contribution in [2.45, 2.75) is 37.3 Å². The van der Waals surface area contributed by atoms with Gasteiger partial charge in [-0.05, 0) is 56.0 Å². The van der Waals surface area contributed by atoms with Crippen molar-refractivity contribution in [3.8, 4) is 0 Å². The van der Waals surface area contributed by atoms with Crippen LogP contribution in [0.4, 0.5) is 10.1 Å². The molecule has 2 fully saturated rings. The van der Waals surface area contributed by atoms with Crippen LogP contribution in [0.1, 0.15) is 36.2 Å². The third-order valence-electron chi connectivity index (χ3n) is 5.19. The van der Waals surface area contributed by atoms with Crippen LogP contribution in [0.15, 0.2) is 47.1 Å². The number of likely N-dealkylation sites (tertiary alicyclic amines) is 1. The Labute approximate surface area is 156 Å². The lowest BCUT2D eigenvalue weighted by Gasteiger charge is -2.41. The second-order valence-electron chi connectivity index (χ2n) is 7.23. The lowest BCUT2D eigenvalue weighted by molar-refractivity contribution is -0.127. The van der Waals surface area contributed by atoms with Crippen molar-refractivity contribution in [1.29, 1.82) is 0 Å². The highest BCUT2D eigenvalue weighted by atomic mass is 19.1. The van der Waals surface area contributed by atoms with Gasteiger partial charge in [-0.15, -0.1) is 0 Å². The predicted molar refractivity (Wildman–Crippen MR) is 97.8 cm³/mol. The maximum absolute atomic E-state index is 13.6. The Morgan fingerprint density at radius 2 is 1.93 bits per heavy atom. The van der Waals surface area contributed by atoms with Crippen molar-refractivity contribution < 1.29 is 18.4 Å². The molecular formula is C20H22FN3O3. The minimum Gasteiger partial charge on any atom is -0.459 e. The maximum Gasteiger partial charge on any atom is 0.289 e. The van der Waals surface area contributed by atoms with Gasteiger partial charge in [0.25, 0.3) is 5.91 Å². The number of carbonyl (C=O) groups excluding carboxylic acids is 2. The number of rotatable bonds is 5. The molecule has 1 aromatic heterocycles. The number of halogens is 1. The molecule has 1 aliphatic carbocycles. The summed E-state index contributed by atoms with van der Waals surface area (Å²) in [5.41, 5.74) is -0.303. The number of anilines is 1. The average Bonchev–Trinajstić information content (AvgIpc) is 3.31. The molecule has 142 valence electrons. The molecule has 0 atom stereocenters. The zero-order valence-electron chi connectivity index (χ0n) is 14.9. The molecule has 0 radical (unpaired) electrons. The minimum absolute atomic E-state index is 0.0839. The van der Waals surface area contributed by atoms with Gasteiger partial charge in [0.1, 0.15) is 11.4 Å². The van der Waals surface area contributed by atoms with Crippen molar-refractivity contribution in [3.05, 3.63) is 54.2 Å². The molecule has 2 aliphatic rings. The van der Waals surface area contributed by atoms with Gasteiger partial charge in [0.15, 0.2) is 5.76 Å². The first-order valence-electron chi connectivity index (χ1n) is 9.23. The molecule has 0 spiro atoms. The van der Waals surface area contributed by atoms with Gasteiger partial charge < -0.3 is 20.0 Å². The molecule has 2 heterocycles. The van der Waals surface area contributed by atoms with E-state index in [0.29, 0.717) is 37.4 Å². The van der Waals surface area contributed by atoms with Crippen LogP contribution in [0, 0.1) is 5.82 Å². The Morgan fingerprint density at radius 1 is 1.15 bits per heavy atom. The van der Waals surface area contributed by atoms with Gasteiger partial charge in [0, 0.05) is 24.8 Å². The van der Waals surface area contributed by atoms with Crippen LogP contribution in [0.2, 0.25) is 0 Å². The van der Waals surface area contributed by atoms with Crippen LogP contribution in [-0.2, 0) is 4.79 Å². The summed E-state index contributed by atoms with van der Waals surface area (Å²) in [6, 6.07) is 9.64. The monoisotopic (exact) mass is 371 g/mol. The fourth-order valence-corrected chi connectivity index (χ4v) is 3.45. The van der Waals surface area contributed by atoms with Crippen LogP contribution in [-0.4, -0.2) is 41.4 Å². The van der Waals surface area contributed by atoms with Crippen molar-refractivity contribution in [2.75, 3.05) is 18.4 Å². The molecule has 1 saturated heterocycles. The zero-order valence-corrected chi connectivity index (χ0v) is 14.9. The Kier molecular flexibility index (Phi) is 4.59. The van der Waals surface area contributed by atoms with Crippen LogP contribution >= 0.6 is 0 Å². The SMILES string of the molecule is O=C(c1ccco1)N1CCC(Nc2cccc(F)c2)(C(=O)NC2CC2)CC1. The topological polar surface area (TPSA) is 74.6 Å². The van der Waals surface area contributed by atoms with E-state index in [9.17, 15) is 14.0 Å². The molecule has 1 aromatic carbocycles. The summed E-state index contributed by atoms with van der Waals surface area (Å²) in [5, 5.41) is 6.30. The van der Waals surface area contributed by atoms with E-state index < -0.39 is 5.54 Å². The highest BCUT2D eigenvalue weighted by molar-refractivity contribution is 5.93. The fraction of sp³-hybridized carbons (Fsp3) is 0.400. The van der Waals surface area contributed by atoms with Gasteiger partial charge >= 0.3 is 0 Å². The molecular weight excluding hydrogens is 349 g/mol. The first-order valence-corrected chi connectivity index (χ1v) is 9.23. The first-order chi connectivity index (χ1) is 13.1. The molecule has 4 rings (SSSR count). The van der Waals surface area contributed by atoms with Crippen molar-refractivity contribution in [2.24, 2.45) is 0 Å². The summed E-state index contributed by atoms with van der Waals surface area (Å²) in [6.07, 6.45) is 4.33. The number of hydrogen-bond donors (Lipinski definition) is 2. The van der Waals surface area contributed by atoms with Crippen LogP contribution in [0.25, 0.3) is 0 Å². The van der Waals surface area contributed by atoms with E-state index in [1.54, 1.807) is 29.2 Å². The molecule has 6 nitrogen and oxygen atoms in total. The van der Waals surface area contributed by atoms with Crippen molar-refractivity contribution in [1.82, 2.24) is 10.2 Å². The first kappa shape index (κ1) is 17.6.